The van der Waals surface area contributed by atoms with Gasteiger partial charge in [-0.25, -0.2) is 4.79 Å². The van der Waals surface area contributed by atoms with Gasteiger partial charge < -0.3 is 9.64 Å². The number of amides is 1. The minimum absolute atomic E-state index is 0.0761. The lowest BCUT2D eigenvalue weighted by atomic mass is 9.81. The summed E-state index contributed by atoms with van der Waals surface area (Å²) in [6.07, 6.45) is 9.76. The molecule has 0 unspecified atom stereocenters. The average molecular weight is 420 g/mol. The number of rotatable bonds is 4. The van der Waals surface area contributed by atoms with Crippen molar-refractivity contribution < 1.29 is 14.3 Å². The van der Waals surface area contributed by atoms with Crippen molar-refractivity contribution in [3.8, 4) is 0 Å². The van der Waals surface area contributed by atoms with Gasteiger partial charge in [-0.1, -0.05) is 47.0 Å². The summed E-state index contributed by atoms with van der Waals surface area (Å²) in [5.41, 5.74) is 0.718. The molecule has 4 nitrogen and oxygen atoms in total. The van der Waals surface area contributed by atoms with Crippen molar-refractivity contribution in [1.82, 2.24) is 0 Å². The van der Waals surface area contributed by atoms with Crippen LogP contribution in [-0.4, -0.2) is 25.0 Å². The first-order valence-electron chi connectivity index (χ1n) is 11.3. The molecule has 0 radical (unpaired) electrons. The van der Waals surface area contributed by atoms with E-state index in [9.17, 15) is 9.59 Å². The number of hydrogen-bond acceptors (Lipinski definition) is 4. The van der Waals surface area contributed by atoms with Gasteiger partial charge in [-0.2, -0.15) is 0 Å². The molecular weight excluding hydrogens is 382 g/mol. The number of carbonyl (C=O) groups is 2. The predicted molar refractivity (Wildman–Crippen MR) is 120 cm³/mol. The average Bonchev–Trinajstić information content (AvgIpc) is 3.14. The molecule has 2 fully saturated rings. The molecule has 0 aromatic carbocycles. The third-order valence-corrected chi connectivity index (χ3v) is 8.15. The summed E-state index contributed by atoms with van der Waals surface area (Å²) in [5.74, 6) is 0.691. The van der Waals surface area contributed by atoms with Gasteiger partial charge in [-0.05, 0) is 55.9 Å². The fourth-order valence-electron chi connectivity index (χ4n) is 4.71. The Morgan fingerprint density at radius 3 is 2.21 bits per heavy atom. The first-order valence-corrected chi connectivity index (χ1v) is 12.1. The Bertz CT molecular complexity index is 719. The highest BCUT2D eigenvalue weighted by Crippen LogP contribution is 2.42. The van der Waals surface area contributed by atoms with E-state index in [0.717, 1.165) is 61.9 Å². The summed E-state index contributed by atoms with van der Waals surface area (Å²) in [5, 5.41) is 0. The van der Waals surface area contributed by atoms with Crippen molar-refractivity contribution >= 4 is 28.9 Å². The molecule has 3 rings (SSSR count). The smallest absolute Gasteiger partial charge is 0.350 e. The van der Waals surface area contributed by atoms with Gasteiger partial charge in [-0.15, -0.1) is 11.3 Å². The summed E-state index contributed by atoms with van der Waals surface area (Å²) in [7, 11) is 1.43. The van der Waals surface area contributed by atoms with E-state index >= 15 is 0 Å². The molecule has 1 amide bonds. The van der Waals surface area contributed by atoms with Crippen LogP contribution in [0.15, 0.2) is 6.07 Å². The fraction of sp³-hybridized carbons (Fsp3) is 0.750. The summed E-state index contributed by atoms with van der Waals surface area (Å²) in [4.78, 5) is 30.2. The highest BCUT2D eigenvalue weighted by molar-refractivity contribution is 7.14. The van der Waals surface area contributed by atoms with E-state index in [1.54, 1.807) is 0 Å². The molecule has 1 aromatic rings. The van der Waals surface area contributed by atoms with Crippen LogP contribution >= 0.6 is 11.3 Å². The van der Waals surface area contributed by atoms with E-state index in [1.807, 2.05) is 4.90 Å². The molecule has 1 aromatic heterocycles. The monoisotopic (exact) mass is 419 g/mol. The largest absolute Gasteiger partial charge is 0.465 e. The Labute approximate surface area is 180 Å². The summed E-state index contributed by atoms with van der Waals surface area (Å²) < 4.78 is 5.11. The minimum atomic E-state index is -0.327. The molecule has 1 heterocycles. The van der Waals surface area contributed by atoms with Crippen molar-refractivity contribution in [3.05, 3.63) is 15.8 Å². The lowest BCUT2D eigenvalue weighted by molar-refractivity contribution is -0.124. The Kier molecular flexibility index (Phi) is 7.08. The van der Waals surface area contributed by atoms with E-state index in [4.69, 9.17) is 4.74 Å². The molecule has 0 N–H and O–H groups in total. The minimum Gasteiger partial charge on any atom is -0.465 e. The number of esters is 1. The van der Waals surface area contributed by atoms with Crippen LogP contribution in [0, 0.1) is 11.8 Å². The standard InChI is InChI=1S/C24H37NO3S/c1-16-11-13-17(14-12-16)22(26)25(18-9-7-6-8-10-18)19-15-20(24(2,3)4)29-21(19)23(27)28-5/h15-18H,6-14H2,1-5H3. The summed E-state index contributed by atoms with van der Waals surface area (Å²) in [6, 6.07) is 2.29. The van der Waals surface area contributed by atoms with Crippen molar-refractivity contribution in [2.24, 2.45) is 11.8 Å². The summed E-state index contributed by atoms with van der Waals surface area (Å²) in [6.45, 7) is 8.74. The zero-order valence-electron chi connectivity index (χ0n) is 18.8. The second-order valence-corrected chi connectivity index (χ2v) is 11.1. The maximum Gasteiger partial charge on any atom is 0.350 e. The second-order valence-electron chi connectivity index (χ2n) is 10.0. The lowest BCUT2D eigenvalue weighted by Crippen LogP contribution is -2.46. The van der Waals surface area contributed by atoms with Crippen molar-refractivity contribution in [2.75, 3.05) is 12.0 Å². The maximum absolute atomic E-state index is 13.8. The van der Waals surface area contributed by atoms with Crippen LogP contribution in [0.1, 0.15) is 100 Å². The molecule has 2 saturated carbocycles. The molecule has 0 aliphatic heterocycles. The molecule has 2 aliphatic rings. The number of methoxy groups -OCH3 is 1. The summed E-state index contributed by atoms with van der Waals surface area (Å²) >= 11 is 1.49. The topological polar surface area (TPSA) is 46.6 Å². The van der Waals surface area contributed by atoms with Crippen LogP contribution < -0.4 is 4.90 Å². The van der Waals surface area contributed by atoms with Crippen LogP contribution in [0.5, 0.6) is 0 Å². The normalized spacial score (nSPS) is 23.6. The van der Waals surface area contributed by atoms with Crippen molar-refractivity contribution in [3.63, 3.8) is 0 Å². The van der Waals surface area contributed by atoms with Crippen LogP contribution in [-0.2, 0) is 14.9 Å². The quantitative estimate of drug-likeness (QED) is 0.536. The van der Waals surface area contributed by atoms with Gasteiger partial charge in [0.2, 0.25) is 5.91 Å². The number of nitrogens with zero attached hydrogens (tertiary/aromatic N) is 1. The highest BCUT2D eigenvalue weighted by atomic mass is 32.1. The molecule has 0 saturated heterocycles. The molecule has 2 aliphatic carbocycles. The van der Waals surface area contributed by atoms with E-state index in [1.165, 1.54) is 24.9 Å². The zero-order valence-corrected chi connectivity index (χ0v) is 19.6. The molecule has 0 spiro atoms. The zero-order chi connectivity index (χ0) is 21.2. The van der Waals surface area contributed by atoms with Crippen LogP contribution in [0.2, 0.25) is 0 Å². The number of thiophene rings is 1. The third kappa shape index (κ3) is 5.04. The van der Waals surface area contributed by atoms with Gasteiger partial charge in [0.15, 0.2) is 0 Å². The Morgan fingerprint density at radius 2 is 1.66 bits per heavy atom. The Morgan fingerprint density at radius 1 is 1.03 bits per heavy atom. The van der Waals surface area contributed by atoms with E-state index in [2.05, 4.69) is 33.8 Å². The fourth-order valence-corrected chi connectivity index (χ4v) is 5.83. The number of anilines is 1. The van der Waals surface area contributed by atoms with Gasteiger partial charge in [0.05, 0.1) is 12.8 Å². The lowest BCUT2D eigenvalue weighted by Gasteiger charge is -2.38. The van der Waals surface area contributed by atoms with Gasteiger partial charge >= 0.3 is 5.97 Å². The molecule has 29 heavy (non-hydrogen) atoms. The van der Waals surface area contributed by atoms with Crippen LogP contribution in [0.3, 0.4) is 0 Å². The van der Waals surface area contributed by atoms with E-state index in [0.29, 0.717) is 10.8 Å². The highest BCUT2D eigenvalue weighted by Gasteiger charge is 2.37. The SMILES string of the molecule is COC(=O)c1sc(C(C)(C)C)cc1N(C(=O)C1CCC(C)CC1)C1CCCCC1. The molecule has 162 valence electrons. The molecule has 5 heteroatoms. The molecule has 0 bridgehead atoms. The number of carbonyl (C=O) groups excluding carboxylic acids is 2. The Hall–Kier alpha value is -1.36. The first-order chi connectivity index (χ1) is 13.7. The van der Waals surface area contributed by atoms with Gasteiger partial charge in [-0.3, -0.25) is 4.79 Å². The number of hydrogen-bond donors (Lipinski definition) is 0. The van der Waals surface area contributed by atoms with E-state index in [-0.39, 0.29) is 29.3 Å². The second kappa shape index (κ2) is 9.20. The van der Waals surface area contributed by atoms with Crippen molar-refractivity contribution in [1.29, 1.82) is 0 Å². The van der Waals surface area contributed by atoms with Crippen LogP contribution in [0.25, 0.3) is 0 Å². The van der Waals surface area contributed by atoms with Crippen LogP contribution in [0.4, 0.5) is 5.69 Å². The van der Waals surface area contributed by atoms with E-state index < -0.39 is 0 Å². The van der Waals surface area contributed by atoms with Gasteiger partial charge in [0, 0.05) is 16.8 Å². The third-order valence-electron chi connectivity index (χ3n) is 6.62. The molecule has 0 atom stereocenters. The predicted octanol–water partition coefficient (Wildman–Crippen LogP) is 6.32. The Balaban J connectivity index is 2.02. The van der Waals surface area contributed by atoms with Crippen molar-refractivity contribution in [2.45, 2.75) is 96.9 Å². The molecular formula is C24H37NO3S. The first kappa shape index (κ1) is 22.3. The maximum atomic E-state index is 13.8. The van der Waals surface area contributed by atoms with Gasteiger partial charge in [0.25, 0.3) is 0 Å². The number of ether oxygens (including phenoxy) is 1. The van der Waals surface area contributed by atoms with Gasteiger partial charge in [0.1, 0.15) is 4.88 Å².